The van der Waals surface area contributed by atoms with Crippen LogP contribution in [-0.2, 0) is 37.6 Å². The molecule has 36 heavy (non-hydrogen) atoms. The van der Waals surface area contributed by atoms with Crippen LogP contribution in [0.1, 0.15) is 20.8 Å². The first kappa shape index (κ1) is 28.2. The van der Waals surface area contributed by atoms with E-state index < -0.39 is 78.7 Å². The van der Waals surface area contributed by atoms with Crippen molar-refractivity contribution in [3.05, 3.63) is 44.8 Å². The van der Waals surface area contributed by atoms with Gasteiger partial charge in [0.1, 0.15) is 6.10 Å². The Labute approximate surface area is 200 Å². The van der Waals surface area contributed by atoms with E-state index in [0.717, 1.165) is 49.3 Å². The number of nitrogens with zero attached hydrogens (tertiary/aromatic N) is 4. The molecule has 0 saturated carbocycles. The summed E-state index contributed by atoms with van der Waals surface area (Å²) in [6, 6.07) is 3.11. The van der Waals surface area contributed by atoms with Gasteiger partial charge in [0, 0.05) is 49.9 Å². The van der Waals surface area contributed by atoms with Gasteiger partial charge in [-0.3, -0.25) is 29.2 Å². The summed E-state index contributed by atoms with van der Waals surface area (Å²) >= 11 is 0. The molecule has 196 valence electrons. The normalized spacial score (nSPS) is 23.6. The molecule has 1 aliphatic rings. The topological polar surface area (TPSA) is 183 Å². The molecule has 0 spiro atoms. The van der Waals surface area contributed by atoms with Crippen LogP contribution in [0, 0.1) is 10.1 Å². The zero-order chi connectivity index (χ0) is 27.2. The van der Waals surface area contributed by atoms with E-state index in [-0.39, 0.29) is 0 Å². The second-order valence-electron chi connectivity index (χ2n) is 7.32. The van der Waals surface area contributed by atoms with Gasteiger partial charge in [-0.1, -0.05) is 5.11 Å². The fraction of sp³-hybridized carbons (Fsp3) is 0.500. The van der Waals surface area contributed by atoms with Crippen molar-refractivity contribution in [1.82, 2.24) is 0 Å². The van der Waals surface area contributed by atoms with Crippen molar-refractivity contribution < 1.29 is 55.5 Å². The number of hydrogen-bond acceptors (Lipinski definition) is 10. The number of azide groups is 1. The third-order valence-corrected chi connectivity index (χ3v) is 4.68. The lowest BCUT2D eigenvalue weighted by Crippen LogP contribution is -2.65. The zero-order valence-electron chi connectivity index (χ0n) is 19.0. The van der Waals surface area contributed by atoms with E-state index in [1.807, 2.05) is 0 Å². The van der Waals surface area contributed by atoms with Gasteiger partial charge < -0.3 is 31.4 Å². The maximum atomic E-state index is 14.4. The number of nitro benzene ring substituents is 1. The van der Waals surface area contributed by atoms with E-state index in [9.17, 15) is 37.4 Å². The molecular weight excluding hydrogens is 500 g/mol. The highest BCUT2D eigenvalue weighted by Gasteiger charge is 2.61. The summed E-state index contributed by atoms with van der Waals surface area (Å²) in [4.78, 5) is 47.9. The maximum Gasteiger partial charge on any atom is 0.896 e. The maximum absolute atomic E-state index is 14.4. The molecule has 0 amide bonds. The van der Waals surface area contributed by atoms with Gasteiger partial charge >= 0.3 is 25.1 Å². The first-order valence-electron chi connectivity index (χ1n) is 10.1. The Morgan fingerprint density at radius 2 is 1.56 bits per heavy atom. The van der Waals surface area contributed by atoms with Gasteiger partial charge in [-0.15, -0.1) is 0 Å². The van der Waals surface area contributed by atoms with Crippen LogP contribution in [0.15, 0.2) is 29.4 Å². The molecule has 0 aromatic heterocycles. The van der Waals surface area contributed by atoms with Crippen molar-refractivity contribution in [1.29, 1.82) is 0 Å². The quantitative estimate of drug-likeness (QED) is 0.0544. The van der Waals surface area contributed by atoms with Crippen molar-refractivity contribution in [2.75, 3.05) is 6.54 Å². The molecular formula is C18H20BF3N4O10. The smallest absolute Gasteiger partial charge is 0.711 e. The van der Waals surface area contributed by atoms with Gasteiger partial charge in [0.2, 0.25) is 11.9 Å². The minimum absolute atomic E-state index is 0.510. The highest BCUT2D eigenvalue weighted by Crippen LogP contribution is 2.43. The van der Waals surface area contributed by atoms with Crippen molar-refractivity contribution in [2.45, 2.75) is 51.5 Å². The van der Waals surface area contributed by atoms with Crippen LogP contribution in [0.2, 0.25) is 0 Å². The second kappa shape index (κ2) is 11.6. The van der Waals surface area contributed by atoms with Crippen LogP contribution < -0.4 is 0 Å². The lowest BCUT2D eigenvalue weighted by atomic mass is 9.96. The van der Waals surface area contributed by atoms with Crippen LogP contribution in [-0.4, -0.2) is 67.3 Å². The molecule has 1 aromatic rings. The predicted octanol–water partition coefficient (Wildman–Crippen LogP) is 3.03. The average molecular weight is 520 g/mol. The van der Waals surface area contributed by atoms with E-state index >= 15 is 0 Å². The minimum atomic E-state index is -6.09. The molecule has 0 radical (unpaired) electrons. The first-order chi connectivity index (χ1) is 16.8. The highest BCUT2D eigenvalue weighted by molar-refractivity contribution is 6.52. The van der Waals surface area contributed by atoms with E-state index in [2.05, 4.69) is 10.0 Å². The fourth-order valence-electron chi connectivity index (χ4n) is 3.49. The van der Waals surface area contributed by atoms with Gasteiger partial charge in [0.05, 0.1) is 11.5 Å². The molecule has 18 heteroatoms. The summed E-state index contributed by atoms with van der Waals surface area (Å²) in [6.07, 6.45) is -9.44. The molecule has 1 aromatic carbocycles. The summed E-state index contributed by atoms with van der Waals surface area (Å²) in [5, 5.41) is 14.2. The third-order valence-electron chi connectivity index (χ3n) is 4.68. The van der Waals surface area contributed by atoms with Crippen LogP contribution in [0.25, 0.3) is 10.4 Å². The van der Waals surface area contributed by atoms with E-state index in [1.165, 1.54) is 0 Å². The Morgan fingerprint density at radius 1 is 1.06 bits per heavy atom. The Balaban J connectivity index is 2.71. The van der Waals surface area contributed by atoms with Crippen LogP contribution in [0.5, 0.6) is 5.75 Å². The Hall–Kier alpha value is -4.05. The van der Waals surface area contributed by atoms with Crippen LogP contribution in [0.3, 0.4) is 0 Å². The molecule has 1 aliphatic heterocycles. The Bertz CT molecular complexity index is 1050. The van der Waals surface area contributed by atoms with Gasteiger partial charge in [0.25, 0.3) is 12.0 Å². The standard InChI is InChI=1S/C18H20BF3N4O10/c1-9(27)32-15-14(8-24-25-23)35-18(17(34-11(3)29)16(15)33-10(2)28)36(19(20,21)22)13-6-4-12(5-7-13)26(30)31/h4-7,14-18H,8H2,1-3H3. The number of non-ortho nitro benzene ring substituents is 1. The minimum Gasteiger partial charge on any atom is -0.711 e. The fourth-order valence-corrected chi connectivity index (χ4v) is 3.49. The van der Waals surface area contributed by atoms with Crippen LogP contribution >= 0.6 is 0 Å². The van der Waals surface area contributed by atoms with Crippen molar-refractivity contribution in [3.8, 4) is 5.75 Å². The molecule has 0 bridgehead atoms. The number of hydrogen-bond donors (Lipinski definition) is 0. The number of rotatable bonds is 9. The SMILES string of the molecule is CC(=O)OC1C(CN=[N+]=[N-])OC([O+](c2ccc([N+](=O)[O-])cc2)[B-](F)(F)F)C(OC(C)=O)C1OC(C)=O. The molecule has 1 heterocycles. The Kier molecular flexibility index (Phi) is 9.08. The van der Waals surface area contributed by atoms with Gasteiger partial charge in [-0.2, -0.15) is 0 Å². The van der Waals surface area contributed by atoms with Crippen molar-refractivity contribution in [2.24, 2.45) is 5.11 Å². The number of ether oxygens (including phenoxy) is 4. The third kappa shape index (κ3) is 6.99. The second-order valence-corrected chi connectivity index (χ2v) is 7.32. The number of esters is 3. The number of carbonyl (C=O) groups is 3. The lowest BCUT2D eigenvalue weighted by molar-refractivity contribution is -0.385. The molecule has 1 saturated heterocycles. The lowest BCUT2D eigenvalue weighted by Gasteiger charge is -2.50. The molecule has 5 atom stereocenters. The van der Waals surface area contributed by atoms with E-state index in [0.29, 0.717) is 0 Å². The summed E-state index contributed by atoms with van der Waals surface area (Å²) in [6.45, 7) is 2.07. The zero-order valence-corrected chi connectivity index (χ0v) is 19.0. The monoisotopic (exact) mass is 520 g/mol. The summed E-state index contributed by atoms with van der Waals surface area (Å²) in [5.41, 5.74) is 8.18. The molecule has 0 N–H and O–H groups in total. The number of nitro groups is 1. The Morgan fingerprint density at radius 3 is 2.00 bits per heavy atom. The van der Waals surface area contributed by atoms with Crippen LogP contribution in [0.4, 0.5) is 18.6 Å². The average Bonchev–Trinajstić information content (AvgIpc) is 2.75. The van der Waals surface area contributed by atoms with E-state index in [1.54, 1.807) is 0 Å². The molecule has 2 rings (SSSR count). The van der Waals surface area contributed by atoms with Gasteiger partial charge in [-0.25, -0.2) is 0 Å². The largest absolute Gasteiger partial charge is 0.896 e. The van der Waals surface area contributed by atoms with E-state index in [4.69, 9.17) is 24.5 Å². The molecule has 14 nitrogen and oxygen atoms in total. The summed E-state index contributed by atoms with van der Waals surface area (Å²) in [5.74, 6) is -3.79. The van der Waals surface area contributed by atoms with Gasteiger partial charge in [0.15, 0.2) is 12.2 Å². The first-order valence-corrected chi connectivity index (χ1v) is 10.1. The number of benzene rings is 1. The summed E-state index contributed by atoms with van der Waals surface area (Å²) in [7, 11) is -6.09. The van der Waals surface area contributed by atoms with Crippen molar-refractivity contribution in [3.63, 3.8) is 0 Å². The summed E-state index contributed by atoms with van der Waals surface area (Å²) < 4.78 is 64.7. The molecule has 1 fully saturated rings. The number of halogens is 3. The molecule has 0 aliphatic carbocycles. The highest BCUT2D eigenvalue weighted by atomic mass is 19.4. The molecule has 5 unspecified atom stereocenters. The predicted molar refractivity (Wildman–Crippen MR) is 112 cm³/mol. The van der Waals surface area contributed by atoms with Gasteiger partial charge in [-0.05, 0) is 5.53 Å². The number of carbonyl (C=O) groups excluding carboxylic acids is 3. The van der Waals surface area contributed by atoms with Crippen molar-refractivity contribution >= 4 is 30.8 Å².